The number of unbranched alkanes of at least 4 members (excludes halogenated alkanes) is 3. The minimum Gasteiger partial charge on any atom is -0.396 e. The van der Waals surface area contributed by atoms with Crippen molar-refractivity contribution in [3.8, 4) is 0 Å². The summed E-state index contributed by atoms with van der Waals surface area (Å²) in [4.78, 5) is 50.2. The van der Waals surface area contributed by atoms with Gasteiger partial charge in [-0.2, -0.15) is 0 Å². The van der Waals surface area contributed by atoms with E-state index >= 15 is 0 Å². The lowest BCUT2D eigenvalue weighted by Crippen LogP contribution is -2.58. The number of aliphatic hydroxyl groups is 1. The zero-order valence-corrected chi connectivity index (χ0v) is 25.2. The van der Waals surface area contributed by atoms with Gasteiger partial charge in [0.15, 0.2) is 0 Å². The summed E-state index contributed by atoms with van der Waals surface area (Å²) in [6.45, 7) is 15.8. The quantitative estimate of drug-likeness (QED) is 0.235. The Morgan fingerprint density at radius 2 is 1.80 bits per heavy atom. The number of likely N-dealkylation sites (N-methyl/N-ethyl adjacent to an activating group) is 1. The zero-order chi connectivity index (χ0) is 28.9. The van der Waals surface area contributed by atoms with Gasteiger partial charge in [0.05, 0.1) is 29.8 Å². The largest absolute Gasteiger partial charge is 0.396 e. The van der Waals surface area contributed by atoms with Crippen molar-refractivity contribution in [2.75, 3.05) is 72.7 Å². The van der Waals surface area contributed by atoms with Crippen LogP contribution in [0, 0.1) is 17.8 Å². The van der Waals surface area contributed by atoms with E-state index in [0.717, 1.165) is 51.7 Å². The van der Waals surface area contributed by atoms with E-state index in [1.165, 1.54) is 0 Å². The Balaban J connectivity index is 1.63. The van der Waals surface area contributed by atoms with E-state index < -0.39 is 22.6 Å². The predicted molar refractivity (Wildman–Crippen MR) is 158 cm³/mol. The molecule has 0 aromatic heterocycles. The van der Waals surface area contributed by atoms with Crippen molar-refractivity contribution in [3.05, 3.63) is 25.3 Å². The lowest BCUT2D eigenvalue weighted by Gasteiger charge is -2.41. The second-order valence-electron chi connectivity index (χ2n) is 11.8. The van der Waals surface area contributed by atoms with Gasteiger partial charge in [0.25, 0.3) is 0 Å². The molecule has 4 fully saturated rings. The van der Waals surface area contributed by atoms with Crippen molar-refractivity contribution in [1.82, 2.24) is 19.6 Å². The van der Waals surface area contributed by atoms with Gasteiger partial charge in [0.1, 0.15) is 6.04 Å². The fraction of sp³-hybridized carbons (Fsp3) is 0.767. The Hall–Kier alpha value is -1.88. The molecule has 3 unspecified atom stereocenters. The Labute approximate surface area is 243 Å². The smallest absolute Gasteiger partial charge is 0.247 e. The van der Waals surface area contributed by atoms with E-state index in [-0.39, 0.29) is 35.5 Å². The maximum absolute atomic E-state index is 14.6. The van der Waals surface area contributed by atoms with E-state index in [9.17, 15) is 19.5 Å². The number of aliphatic hydroxyl groups excluding tert-OH is 1. The van der Waals surface area contributed by atoms with Crippen molar-refractivity contribution in [2.24, 2.45) is 17.8 Å². The molecule has 224 valence electrons. The van der Waals surface area contributed by atoms with Crippen molar-refractivity contribution in [1.29, 1.82) is 0 Å². The number of morpholine rings is 1. The molecule has 4 saturated heterocycles. The molecule has 10 heteroatoms. The summed E-state index contributed by atoms with van der Waals surface area (Å²) in [7, 11) is 1.77. The van der Waals surface area contributed by atoms with Gasteiger partial charge in [0, 0.05) is 64.7 Å². The van der Waals surface area contributed by atoms with E-state index in [0.29, 0.717) is 39.4 Å². The summed E-state index contributed by atoms with van der Waals surface area (Å²) < 4.78 is 4.87. The second kappa shape index (κ2) is 13.9. The van der Waals surface area contributed by atoms with Crippen LogP contribution in [-0.4, -0.2) is 131 Å². The number of hydrogen-bond donors (Lipinski definition) is 1. The molecule has 6 atom stereocenters. The molecule has 1 spiro atoms. The number of rotatable bonds is 15. The van der Waals surface area contributed by atoms with Crippen LogP contribution < -0.4 is 0 Å². The van der Waals surface area contributed by atoms with Gasteiger partial charge in [-0.15, -0.1) is 24.9 Å². The van der Waals surface area contributed by atoms with Crippen LogP contribution in [-0.2, 0) is 19.1 Å². The number of carbonyl (C=O) groups excluding carboxylic acids is 3. The predicted octanol–water partition coefficient (Wildman–Crippen LogP) is 1.87. The van der Waals surface area contributed by atoms with Crippen molar-refractivity contribution < 1.29 is 24.2 Å². The van der Waals surface area contributed by atoms with Crippen LogP contribution in [0.2, 0.25) is 0 Å². The van der Waals surface area contributed by atoms with E-state index in [1.807, 2.05) is 9.80 Å². The average Bonchev–Trinajstić information content (AvgIpc) is 3.54. The number of likely N-dealkylation sites (tertiary alicyclic amines) is 1. The summed E-state index contributed by atoms with van der Waals surface area (Å²) in [6, 6.07) is -0.597. The van der Waals surface area contributed by atoms with Crippen LogP contribution in [0.15, 0.2) is 25.3 Å². The highest BCUT2D eigenvalue weighted by Crippen LogP contribution is 2.68. The maximum Gasteiger partial charge on any atom is 0.247 e. The lowest BCUT2D eigenvalue weighted by molar-refractivity contribution is -0.144. The molecule has 4 aliphatic rings. The van der Waals surface area contributed by atoms with Crippen LogP contribution in [0.3, 0.4) is 0 Å². The van der Waals surface area contributed by atoms with Crippen LogP contribution in [0.5, 0.6) is 0 Å². The molecule has 0 radical (unpaired) electrons. The average molecular weight is 577 g/mol. The fourth-order valence-corrected chi connectivity index (χ4v) is 9.72. The van der Waals surface area contributed by atoms with Crippen molar-refractivity contribution in [3.63, 3.8) is 0 Å². The third kappa shape index (κ3) is 5.87. The summed E-state index contributed by atoms with van der Waals surface area (Å²) in [5.74, 6) is -0.859. The molecule has 4 aliphatic heterocycles. The van der Waals surface area contributed by atoms with E-state index in [2.05, 4.69) is 25.0 Å². The normalized spacial score (nSPS) is 31.3. The molecular formula is C30H48N4O5S. The first-order chi connectivity index (χ1) is 19.3. The zero-order valence-electron chi connectivity index (χ0n) is 24.3. The Bertz CT molecular complexity index is 943. The summed E-state index contributed by atoms with van der Waals surface area (Å²) >= 11 is 1.73. The summed E-state index contributed by atoms with van der Waals surface area (Å²) in [5, 5.41) is 9.22. The van der Waals surface area contributed by atoms with Gasteiger partial charge in [-0.3, -0.25) is 19.3 Å². The molecule has 4 rings (SSSR count). The van der Waals surface area contributed by atoms with Crippen LogP contribution in [0.25, 0.3) is 0 Å². The van der Waals surface area contributed by atoms with Crippen molar-refractivity contribution in [2.45, 2.75) is 55.1 Å². The van der Waals surface area contributed by atoms with Crippen LogP contribution in [0.1, 0.15) is 39.0 Å². The monoisotopic (exact) mass is 576 g/mol. The molecule has 9 nitrogen and oxygen atoms in total. The molecule has 1 N–H and O–H groups in total. The molecule has 40 heavy (non-hydrogen) atoms. The van der Waals surface area contributed by atoms with Crippen LogP contribution >= 0.6 is 11.8 Å². The number of nitrogens with zero attached hydrogens (tertiary/aromatic N) is 4. The fourth-order valence-electron chi connectivity index (χ4n) is 7.31. The number of ether oxygens (including phenoxy) is 1. The van der Waals surface area contributed by atoms with E-state index in [1.54, 1.807) is 35.9 Å². The molecule has 0 aromatic rings. The third-order valence-corrected chi connectivity index (χ3v) is 11.4. The van der Waals surface area contributed by atoms with Gasteiger partial charge in [-0.05, 0) is 25.2 Å². The maximum atomic E-state index is 14.6. The number of thioether (sulfide) groups is 1. The van der Waals surface area contributed by atoms with Gasteiger partial charge in [0.2, 0.25) is 17.7 Å². The van der Waals surface area contributed by atoms with Gasteiger partial charge in [-0.25, -0.2) is 0 Å². The molecule has 2 bridgehead atoms. The molecule has 0 aliphatic carbocycles. The van der Waals surface area contributed by atoms with E-state index in [4.69, 9.17) is 4.74 Å². The summed E-state index contributed by atoms with van der Waals surface area (Å²) in [5.41, 5.74) is 0. The lowest BCUT2D eigenvalue weighted by atomic mass is 9.65. The highest BCUT2D eigenvalue weighted by Gasteiger charge is 2.76. The minimum atomic E-state index is -0.613. The molecule has 0 aromatic carbocycles. The first kappa shape index (κ1) is 31.1. The number of amides is 3. The van der Waals surface area contributed by atoms with Gasteiger partial charge < -0.3 is 24.5 Å². The molecular weight excluding hydrogens is 528 g/mol. The Morgan fingerprint density at radius 1 is 1.10 bits per heavy atom. The van der Waals surface area contributed by atoms with Crippen molar-refractivity contribution >= 4 is 29.5 Å². The third-order valence-electron chi connectivity index (χ3n) is 9.30. The topological polar surface area (TPSA) is 93.6 Å². The van der Waals surface area contributed by atoms with Gasteiger partial charge in [-0.1, -0.05) is 31.9 Å². The number of fused-ring (bicyclic) bond motifs is 1. The second-order valence-corrected chi connectivity index (χ2v) is 13.3. The summed E-state index contributed by atoms with van der Waals surface area (Å²) in [6.07, 6.45) is 7.57. The molecule has 4 heterocycles. The highest BCUT2D eigenvalue weighted by molar-refractivity contribution is 8.02. The Morgan fingerprint density at radius 3 is 2.48 bits per heavy atom. The van der Waals surface area contributed by atoms with Gasteiger partial charge >= 0.3 is 0 Å². The minimum absolute atomic E-state index is 0.0178. The standard InChI is InChI=1S/C30H48N4O5S/c1-5-11-31(4)27(36)24-23-21-22(3)30(40-23)25(24)28(37)34(13-9-7-8-10-18-35)26(30)29(38)33(12-6-2)15-14-32-16-19-39-20-17-32/h5-6,22-26,35H,1-2,7-21H2,3-4H3/t22?,23-,24+,25+,26?,30?/m1/s1. The highest BCUT2D eigenvalue weighted by atomic mass is 32.2. The first-order valence-corrected chi connectivity index (χ1v) is 15.8. The first-order valence-electron chi connectivity index (χ1n) is 15.0. The molecule has 3 amide bonds. The number of hydrogen-bond acceptors (Lipinski definition) is 7. The number of carbonyl (C=O) groups is 3. The SMILES string of the molecule is C=CCN(C)C(=O)[C@@H]1[C@H]2C(=O)N(CCCCCCO)C(C(=O)N(CC=C)CCN3CCOCC3)C23S[C@@H]1CC3C. The molecule has 0 saturated carbocycles. The van der Waals surface area contributed by atoms with Crippen LogP contribution in [0.4, 0.5) is 0 Å². The Kier molecular flexibility index (Phi) is 10.8.